The third-order valence-corrected chi connectivity index (χ3v) is 5.38. The van der Waals surface area contributed by atoms with Crippen molar-refractivity contribution in [3.8, 4) is 11.5 Å². The minimum Gasteiger partial charge on any atom is -0.502 e. The number of aliphatic carboxylic acids is 1. The number of hydrogen-bond acceptors (Lipinski definition) is 19. The van der Waals surface area contributed by atoms with Gasteiger partial charge in [0.25, 0.3) is 0 Å². The van der Waals surface area contributed by atoms with Crippen LogP contribution in [0.2, 0.25) is 0 Å². The van der Waals surface area contributed by atoms with E-state index in [2.05, 4.69) is 13.9 Å². The molecule has 222 valence electrons. The first-order chi connectivity index (χ1) is 17.5. The summed E-state index contributed by atoms with van der Waals surface area (Å²) in [5.74, 6) is -8.01. The molecule has 1 aromatic rings. The van der Waals surface area contributed by atoms with Gasteiger partial charge in [-0.05, 0) is 0 Å². The van der Waals surface area contributed by atoms with Crippen molar-refractivity contribution in [2.75, 3.05) is 6.61 Å². The summed E-state index contributed by atoms with van der Waals surface area (Å²) in [7, 11) is 0. The average molecular weight is 566 g/mol. The van der Waals surface area contributed by atoms with Gasteiger partial charge in [-0.25, -0.2) is 13.9 Å². The molecule has 0 aromatic carbocycles. The van der Waals surface area contributed by atoms with E-state index >= 15 is 0 Å². The fourth-order valence-electron chi connectivity index (χ4n) is 2.94. The average Bonchev–Trinajstić information content (AvgIpc) is 3.05. The van der Waals surface area contributed by atoms with Crippen molar-refractivity contribution in [3.63, 3.8) is 0 Å². The number of carboxylic acids is 1. The topological polar surface area (TPSA) is 380 Å². The second-order valence-electron chi connectivity index (χ2n) is 8.01. The van der Waals surface area contributed by atoms with Gasteiger partial charge >= 0.3 is 5.97 Å². The summed E-state index contributed by atoms with van der Waals surface area (Å²) >= 11 is 0. The van der Waals surface area contributed by atoms with Crippen molar-refractivity contribution in [2.24, 2.45) is 0 Å². The normalized spacial score (nSPS) is 21.6. The molecule has 12 unspecified atom stereocenters. The number of aliphatic hydroxyl groups excluding tert-OH is 13. The number of carboxylic acid groups (broad SMARTS) is 1. The molecule has 38 heavy (non-hydrogen) atoms. The molecule has 1 aromatic heterocycles. The van der Waals surface area contributed by atoms with Crippen LogP contribution in [-0.2, 0) is 4.79 Å². The highest BCUT2D eigenvalue weighted by atomic mass is 17.2. The zero-order valence-electron chi connectivity index (χ0n) is 18.9. The van der Waals surface area contributed by atoms with Gasteiger partial charge in [-0.2, -0.15) is 0 Å². The summed E-state index contributed by atoms with van der Waals surface area (Å²) in [4.78, 5) is 10.7. The van der Waals surface area contributed by atoms with Gasteiger partial charge in [-0.1, -0.05) is 4.74 Å². The SMILES string of the molecule is O=C(O)C(O)C(O)C(O)C(O)C(O)C(O)C(O)c1oooc(C(O)C(O)C(O)C(O)C(O)CO)c(O)c1O. The molecule has 0 radical (unpaired) electrons. The predicted molar refractivity (Wildman–Crippen MR) is 109 cm³/mol. The molecule has 0 bridgehead atoms. The van der Waals surface area contributed by atoms with Gasteiger partial charge in [0.15, 0.2) is 6.10 Å². The first kappa shape index (κ1) is 33.5. The van der Waals surface area contributed by atoms with Crippen molar-refractivity contribution in [3.05, 3.63) is 11.5 Å². The lowest BCUT2D eigenvalue weighted by Crippen LogP contribution is -2.54. The highest BCUT2D eigenvalue weighted by molar-refractivity contribution is 5.72. The number of aliphatic hydroxyl groups is 13. The zero-order valence-corrected chi connectivity index (χ0v) is 18.9. The summed E-state index contributed by atoms with van der Waals surface area (Å²) in [6, 6.07) is 0. The molecule has 20 heteroatoms. The van der Waals surface area contributed by atoms with Gasteiger partial charge in [-0.15, -0.1) is 0 Å². The lowest BCUT2D eigenvalue weighted by atomic mass is 9.93. The fourth-order valence-corrected chi connectivity index (χ4v) is 2.94. The summed E-state index contributed by atoms with van der Waals surface area (Å²) in [6.45, 7) is -1.08. The van der Waals surface area contributed by atoms with Crippen molar-refractivity contribution >= 4 is 5.97 Å². The molecule has 0 aliphatic rings. The van der Waals surface area contributed by atoms with Gasteiger partial charge in [-0.3, -0.25) is 0 Å². The molecule has 16 N–H and O–H groups in total. The smallest absolute Gasteiger partial charge is 0.335 e. The number of carbonyl (C=O) groups is 1. The van der Waals surface area contributed by atoms with E-state index in [0.717, 1.165) is 0 Å². The molecular formula is C18H30O20. The fraction of sp³-hybridized carbons (Fsp3) is 0.722. The maximum atomic E-state index is 10.7. The molecular weight excluding hydrogens is 536 g/mol. The maximum Gasteiger partial charge on any atom is 0.335 e. The molecule has 0 spiro atoms. The third-order valence-electron chi connectivity index (χ3n) is 5.38. The highest BCUT2D eigenvalue weighted by Gasteiger charge is 2.43. The predicted octanol–water partition coefficient (Wildman–Crippen LogP) is -7.25. The minimum atomic E-state index is -2.70. The van der Waals surface area contributed by atoms with E-state index in [1.54, 1.807) is 0 Å². The van der Waals surface area contributed by atoms with Crippen LogP contribution in [0.15, 0.2) is 13.9 Å². The molecule has 0 fully saturated rings. The lowest BCUT2D eigenvalue weighted by molar-refractivity contribution is -0.215. The number of aromatic hydroxyl groups is 2. The van der Waals surface area contributed by atoms with Crippen LogP contribution < -0.4 is 0 Å². The van der Waals surface area contributed by atoms with Gasteiger partial charge in [0.2, 0.25) is 23.0 Å². The van der Waals surface area contributed by atoms with Crippen LogP contribution in [0.3, 0.4) is 0 Å². The third kappa shape index (κ3) is 7.29. The Labute approximate surface area is 210 Å². The molecule has 0 amide bonds. The van der Waals surface area contributed by atoms with Gasteiger partial charge in [0.05, 0.1) is 6.61 Å². The van der Waals surface area contributed by atoms with Gasteiger partial charge < -0.3 is 81.7 Å². The largest absolute Gasteiger partial charge is 0.502 e. The van der Waals surface area contributed by atoms with Crippen LogP contribution in [0, 0.1) is 0 Å². The van der Waals surface area contributed by atoms with Crippen molar-refractivity contribution in [2.45, 2.75) is 73.2 Å². The maximum absolute atomic E-state index is 10.7. The Balaban J connectivity index is 3.23. The summed E-state index contributed by atoms with van der Waals surface area (Å²) in [5.41, 5.74) is 0. The molecule has 0 aliphatic carbocycles. The molecule has 1 rings (SSSR count). The standard InChI is InChI=1S/C18H30O20/c19-1-2(20)3(21)4(22)8(26)11(29)16-13(31)14(32)17(37-38-36-16)12(30)9(27)6(24)5(23)7(25)10(28)15(33)18(34)35/h2-12,15,19-33H,1H2,(H,34,35). The number of hydrogen-bond donors (Lipinski definition) is 16. The second-order valence-corrected chi connectivity index (χ2v) is 8.01. The summed E-state index contributed by atoms with van der Waals surface area (Å²) in [5, 5.41) is 155. The van der Waals surface area contributed by atoms with Crippen molar-refractivity contribution < 1.29 is 100 Å². The molecule has 0 aliphatic heterocycles. The molecule has 0 saturated carbocycles. The highest BCUT2D eigenvalue weighted by Crippen LogP contribution is 2.39. The minimum absolute atomic E-state index is 1.08. The first-order valence-corrected chi connectivity index (χ1v) is 10.4. The zero-order chi connectivity index (χ0) is 29.6. The van der Waals surface area contributed by atoms with Crippen molar-refractivity contribution in [1.29, 1.82) is 0 Å². The van der Waals surface area contributed by atoms with E-state index in [4.69, 9.17) is 10.2 Å². The molecule has 0 saturated heterocycles. The molecule has 20 nitrogen and oxygen atoms in total. The van der Waals surface area contributed by atoms with E-state index in [1.807, 2.05) is 0 Å². The molecule has 12 atom stereocenters. The number of rotatable bonds is 14. The van der Waals surface area contributed by atoms with E-state index in [1.165, 1.54) is 0 Å². The Bertz CT molecular complexity index is 922. The first-order valence-electron chi connectivity index (χ1n) is 10.4. The van der Waals surface area contributed by atoms with E-state index in [0.29, 0.717) is 0 Å². The Morgan fingerprint density at radius 2 is 0.921 bits per heavy atom. The van der Waals surface area contributed by atoms with E-state index in [-0.39, 0.29) is 0 Å². The van der Waals surface area contributed by atoms with Crippen molar-refractivity contribution in [1.82, 2.24) is 0 Å². The van der Waals surface area contributed by atoms with Crippen LogP contribution in [-0.4, -0.2) is 155 Å². The summed E-state index contributed by atoms with van der Waals surface area (Å²) in [6.07, 6.45) is -30.4. The summed E-state index contributed by atoms with van der Waals surface area (Å²) < 4.78 is 12.6. The Kier molecular flexibility index (Phi) is 12.3. The van der Waals surface area contributed by atoms with Crippen LogP contribution in [0.1, 0.15) is 23.7 Å². The monoisotopic (exact) mass is 566 g/mol. The Morgan fingerprint density at radius 3 is 1.29 bits per heavy atom. The van der Waals surface area contributed by atoms with Crippen LogP contribution in [0.4, 0.5) is 0 Å². The van der Waals surface area contributed by atoms with Crippen LogP contribution >= 0.6 is 0 Å². The van der Waals surface area contributed by atoms with Crippen LogP contribution in [0.5, 0.6) is 11.5 Å². The second kappa shape index (κ2) is 14.0. The van der Waals surface area contributed by atoms with E-state index < -0.39 is 109 Å². The van der Waals surface area contributed by atoms with Crippen LogP contribution in [0.25, 0.3) is 0 Å². The van der Waals surface area contributed by atoms with Gasteiger partial charge in [0.1, 0.15) is 67.1 Å². The molecule has 1 heterocycles. The van der Waals surface area contributed by atoms with E-state index in [9.17, 15) is 76.3 Å². The quantitative estimate of drug-likeness (QED) is 0.0929. The Morgan fingerprint density at radius 1 is 0.579 bits per heavy atom. The van der Waals surface area contributed by atoms with Gasteiger partial charge in [0, 0.05) is 0 Å². The Hall–Kier alpha value is -2.57. The lowest BCUT2D eigenvalue weighted by Gasteiger charge is -2.31.